The molecule has 0 aromatic carbocycles. The third-order valence-electron chi connectivity index (χ3n) is 3.46. The molecule has 0 saturated carbocycles. The lowest BCUT2D eigenvalue weighted by Crippen LogP contribution is -2.20. The van der Waals surface area contributed by atoms with Gasteiger partial charge in [0, 0.05) is 18.8 Å². The summed E-state index contributed by atoms with van der Waals surface area (Å²) in [5.41, 5.74) is 3.47. The highest BCUT2D eigenvalue weighted by atomic mass is 35.5. The number of halogens is 1. The number of nitrogens with one attached hydrogen (secondary N) is 1. The number of hydrogen-bond acceptors (Lipinski definition) is 5. The van der Waals surface area contributed by atoms with E-state index in [2.05, 4.69) is 34.2 Å². The molecular formula is C14H20ClN5O. The van der Waals surface area contributed by atoms with Crippen LogP contribution in [0.15, 0.2) is 6.20 Å². The molecule has 2 heterocycles. The molecule has 0 saturated heterocycles. The molecule has 1 N–H and O–H groups in total. The van der Waals surface area contributed by atoms with Gasteiger partial charge in [-0.2, -0.15) is 10.1 Å². The van der Waals surface area contributed by atoms with Gasteiger partial charge in [0.25, 0.3) is 0 Å². The number of nitrogens with zero attached hydrogens (tertiary/aromatic N) is 4. The molecule has 0 aliphatic carbocycles. The second-order valence-electron chi connectivity index (χ2n) is 5.08. The van der Waals surface area contributed by atoms with Crippen molar-refractivity contribution in [2.75, 3.05) is 12.4 Å². The Labute approximate surface area is 129 Å². The van der Waals surface area contributed by atoms with Crippen LogP contribution in [-0.2, 0) is 13.5 Å². The summed E-state index contributed by atoms with van der Waals surface area (Å²) in [5, 5.41) is 8.20. The molecule has 0 amide bonds. The van der Waals surface area contributed by atoms with Gasteiger partial charge in [-0.3, -0.25) is 4.68 Å². The second-order valence-corrected chi connectivity index (χ2v) is 5.48. The summed E-state index contributed by atoms with van der Waals surface area (Å²) in [6.45, 7) is 6.18. The summed E-state index contributed by atoms with van der Waals surface area (Å²) in [6.07, 6.45) is 2.37. The molecule has 1 atom stereocenters. The van der Waals surface area contributed by atoms with E-state index in [1.165, 1.54) is 24.6 Å². The van der Waals surface area contributed by atoms with Crippen molar-refractivity contribution in [2.24, 2.45) is 7.05 Å². The fourth-order valence-corrected chi connectivity index (χ4v) is 2.40. The highest BCUT2D eigenvalue weighted by Crippen LogP contribution is 2.22. The number of hydrogen-bond donors (Lipinski definition) is 1. The van der Waals surface area contributed by atoms with Gasteiger partial charge in [-0.25, -0.2) is 4.98 Å². The first-order chi connectivity index (χ1) is 9.92. The third kappa shape index (κ3) is 3.44. The predicted molar refractivity (Wildman–Crippen MR) is 83.1 cm³/mol. The van der Waals surface area contributed by atoms with Crippen molar-refractivity contribution in [2.45, 2.75) is 33.2 Å². The van der Waals surface area contributed by atoms with Crippen LogP contribution >= 0.6 is 11.6 Å². The van der Waals surface area contributed by atoms with E-state index in [0.717, 1.165) is 12.1 Å². The minimum Gasteiger partial charge on any atom is -0.467 e. The Kier molecular flexibility index (Phi) is 4.67. The molecule has 114 valence electrons. The minimum absolute atomic E-state index is 0.156. The van der Waals surface area contributed by atoms with Crippen LogP contribution in [0.2, 0.25) is 5.02 Å². The standard InChI is InChI=1S/C14H20ClN5O/c1-8(6-11-9(2)19-20(4)10(11)3)17-13-12(15)7-16-14(18-13)21-5/h7-8H,6H2,1-5H3,(H,16,17,18)/t8-/m1/s1. The molecule has 2 aromatic heterocycles. The molecule has 0 fully saturated rings. The zero-order valence-corrected chi connectivity index (χ0v) is 13.7. The maximum absolute atomic E-state index is 6.11. The lowest BCUT2D eigenvalue weighted by molar-refractivity contribution is 0.380. The average Bonchev–Trinajstić information content (AvgIpc) is 2.68. The first-order valence-corrected chi connectivity index (χ1v) is 7.12. The second kappa shape index (κ2) is 6.30. The van der Waals surface area contributed by atoms with E-state index in [4.69, 9.17) is 16.3 Å². The van der Waals surface area contributed by atoms with Gasteiger partial charge in [-0.05, 0) is 32.8 Å². The number of aryl methyl sites for hydroxylation is 2. The fraction of sp³-hybridized carbons (Fsp3) is 0.500. The Morgan fingerprint density at radius 3 is 2.71 bits per heavy atom. The lowest BCUT2D eigenvalue weighted by Gasteiger charge is -2.16. The number of aromatic nitrogens is 4. The number of rotatable bonds is 5. The van der Waals surface area contributed by atoms with Crippen LogP contribution in [0.25, 0.3) is 0 Å². The Balaban J connectivity index is 2.13. The van der Waals surface area contributed by atoms with E-state index in [1.807, 2.05) is 18.7 Å². The highest BCUT2D eigenvalue weighted by molar-refractivity contribution is 6.32. The van der Waals surface area contributed by atoms with Gasteiger partial charge < -0.3 is 10.1 Å². The molecule has 7 heteroatoms. The van der Waals surface area contributed by atoms with E-state index in [1.54, 1.807) is 0 Å². The number of methoxy groups -OCH3 is 1. The van der Waals surface area contributed by atoms with E-state index >= 15 is 0 Å². The van der Waals surface area contributed by atoms with Crippen LogP contribution < -0.4 is 10.1 Å². The summed E-state index contributed by atoms with van der Waals surface area (Å²) in [5.74, 6) is 0.579. The van der Waals surface area contributed by atoms with E-state index in [9.17, 15) is 0 Å². The van der Waals surface area contributed by atoms with Crippen molar-refractivity contribution in [3.8, 4) is 6.01 Å². The molecule has 0 aliphatic rings. The smallest absolute Gasteiger partial charge is 0.318 e. The maximum atomic E-state index is 6.11. The average molecular weight is 310 g/mol. The third-order valence-corrected chi connectivity index (χ3v) is 3.73. The zero-order chi connectivity index (χ0) is 15.6. The fourth-order valence-electron chi connectivity index (χ4n) is 2.25. The molecule has 0 unspecified atom stereocenters. The van der Waals surface area contributed by atoms with Crippen LogP contribution in [0, 0.1) is 13.8 Å². The van der Waals surface area contributed by atoms with Crippen molar-refractivity contribution in [3.63, 3.8) is 0 Å². The quantitative estimate of drug-likeness (QED) is 0.919. The first kappa shape index (κ1) is 15.6. The van der Waals surface area contributed by atoms with E-state index in [0.29, 0.717) is 16.9 Å². The first-order valence-electron chi connectivity index (χ1n) is 6.74. The summed E-state index contributed by atoms with van der Waals surface area (Å²) in [7, 11) is 3.48. The van der Waals surface area contributed by atoms with Gasteiger partial charge >= 0.3 is 6.01 Å². The molecule has 6 nitrogen and oxygen atoms in total. The van der Waals surface area contributed by atoms with Gasteiger partial charge in [0.05, 0.1) is 19.0 Å². The van der Waals surface area contributed by atoms with Crippen LogP contribution in [0.3, 0.4) is 0 Å². The summed E-state index contributed by atoms with van der Waals surface area (Å²) < 4.78 is 6.92. The van der Waals surface area contributed by atoms with Crippen LogP contribution in [-0.4, -0.2) is 32.9 Å². The van der Waals surface area contributed by atoms with Crippen molar-refractivity contribution in [1.29, 1.82) is 0 Å². The largest absolute Gasteiger partial charge is 0.467 e. The molecule has 0 aliphatic heterocycles. The predicted octanol–water partition coefficient (Wildman–Crippen LogP) is 2.53. The Bertz CT molecular complexity index is 641. The van der Waals surface area contributed by atoms with Crippen molar-refractivity contribution in [3.05, 3.63) is 28.2 Å². The number of ether oxygens (including phenoxy) is 1. The van der Waals surface area contributed by atoms with Gasteiger partial charge in [0.2, 0.25) is 0 Å². The lowest BCUT2D eigenvalue weighted by atomic mass is 10.1. The van der Waals surface area contributed by atoms with Gasteiger partial charge in [0.15, 0.2) is 5.82 Å². The topological polar surface area (TPSA) is 64.9 Å². The van der Waals surface area contributed by atoms with E-state index < -0.39 is 0 Å². The molecule has 0 bridgehead atoms. The van der Waals surface area contributed by atoms with Crippen LogP contribution in [0.1, 0.15) is 23.9 Å². The molecule has 2 rings (SSSR count). The SMILES string of the molecule is COc1ncc(Cl)c(N[C@H](C)Cc2c(C)nn(C)c2C)n1. The van der Waals surface area contributed by atoms with Crippen LogP contribution in [0.5, 0.6) is 6.01 Å². The number of anilines is 1. The van der Waals surface area contributed by atoms with E-state index in [-0.39, 0.29) is 6.04 Å². The van der Waals surface area contributed by atoms with Crippen molar-refractivity contribution >= 4 is 17.4 Å². The van der Waals surface area contributed by atoms with Gasteiger partial charge in [0.1, 0.15) is 5.02 Å². The normalized spacial score (nSPS) is 12.3. The summed E-state index contributed by atoms with van der Waals surface area (Å²) in [6, 6.07) is 0.451. The monoisotopic (exact) mass is 309 g/mol. The molecule has 0 radical (unpaired) electrons. The minimum atomic E-state index is 0.156. The molecule has 0 spiro atoms. The Hall–Kier alpha value is -1.82. The summed E-state index contributed by atoms with van der Waals surface area (Å²) in [4.78, 5) is 8.19. The Morgan fingerprint density at radius 2 is 2.14 bits per heavy atom. The van der Waals surface area contributed by atoms with Crippen molar-refractivity contribution in [1.82, 2.24) is 19.7 Å². The Morgan fingerprint density at radius 1 is 1.43 bits per heavy atom. The van der Waals surface area contributed by atoms with Gasteiger partial charge in [-0.15, -0.1) is 0 Å². The highest BCUT2D eigenvalue weighted by Gasteiger charge is 2.15. The van der Waals surface area contributed by atoms with Crippen molar-refractivity contribution < 1.29 is 4.74 Å². The maximum Gasteiger partial charge on any atom is 0.318 e. The van der Waals surface area contributed by atoms with Crippen LogP contribution in [0.4, 0.5) is 5.82 Å². The molecule has 21 heavy (non-hydrogen) atoms. The molecule has 2 aromatic rings. The molecular weight excluding hydrogens is 290 g/mol. The van der Waals surface area contributed by atoms with Gasteiger partial charge in [-0.1, -0.05) is 11.6 Å². The summed E-state index contributed by atoms with van der Waals surface area (Å²) >= 11 is 6.11. The zero-order valence-electron chi connectivity index (χ0n) is 12.9.